The summed E-state index contributed by atoms with van der Waals surface area (Å²) in [4.78, 5) is 23.1. The molecule has 0 saturated heterocycles. The van der Waals surface area contributed by atoms with Crippen molar-refractivity contribution in [3.8, 4) is 0 Å². The highest BCUT2D eigenvalue weighted by molar-refractivity contribution is 6.31. The average molecular weight is 298 g/mol. The van der Waals surface area contributed by atoms with Crippen LogP contribution in [0, 0.1) is 5.92 Å². The van der Waals surface area contributed by atoms with Crippen molar-refractivity contribution in [1.29, 1.82) is 0 Å². The van der Waals surface area contributed by atoms with Gasteiger partial charge in [-0.1, -0.05) is 50.1 Å². The number of hydrogen-bond donors (Lipinski definition) is 2. The highest BCUT2D eigenvalue weighted by Crippen LogP contribution is 2.19. The molecule has 0 aliphatic rings. The Morgan fingerprint density at radius 3 is 2.55 bits per heavy atom. The van der Waals surface area contributed by atoms with E-state index in [4.69, 9.17) is 16.7 Å². The molecule has 0 aliphatic carbocycles. The Balaban J connectivity index is 2.63. The van der Waals surface area contributed by atoms with Gasteiger partial charge in [-0.05, 0) is 24.5 Å². The minimum absolute atomic E-state index is 0.259. The molecule has 1 rings (SSSR count). The quantitative estimate of drug-likeness (QED) is 0.813. The fourth-order valence-electron chi connectivity index (χ4n) is 1.95. The number of carboxylic acid groups (broad SMARTS) is 1. The zero-order valence-electron chi connectivity index (χ0n) is 11.7. The van der Waals surface area contributed by atoms with Gasteiger partial charge in [0, 0.05) is 10.9 Å². The second-order valence-electron chi connectivity index (χ2n) is 4.88. The summed E-state index contributed by atoms with van der Waals surface area (Å²) in [5.74, 6) is -1.58. The number of aliphatic carboxylic acids is 1. The van der Waals surface area contributed by atoms with Crippen LogP contribution in [0.2, 0.25) is 5.02 Å². The van der Waals surface area contributed by atoms with E-state index in [1.807, 2.05) is 25.1 Å². The van der Waals surface area contributed by atoms with Gasteiger partial charge in [0.2, 0.25) is 5.91 Å². The fraction of sp³-hybridized carbons (Fsp3) is 0.467. The number of benzene rings is 1. The molecule has 110 valence electrons. The number of carboxylic acids is 1. The number of hydrogen-bond acceptors (Lipinski definition) is 2. The first-order chi connectivity index (χ1) is 9.45. The maximum Gasteiger partial charge on any atom is 0.326 e. The van der Waals surface area contributed by atoms with Gasteiger partial charge in [-0.15, -0.1) is 0 Å². The molecule has 0 fully saturated rings. The number of carbonyl (C=O) groups is 2. The van der Waals surface area contributed by atoms with E-state index >= 15 is 0 Å². The molecule has 1 amide bonds. The molecule has 0 spiro atoms. The van der Waals surface area contributed by atoms with Gasteiger partial charge in [0.1, 0.15) is 6.04 Å². The molecule has 0 aromatic heterocycles. The molecule has 20 heavy (non-hydrogen) atoms. The predicted octanol–water partition coefficient (Wildman–Crippen LogP) is 2.89. The van der Waals surface area contributed by atoms with E-state index in [9.17, 15) is 9.59 Å². The van der Waals surface area contributed by atoms with E-state index in [0.29, 0.717) is 24.3 Å². The molecule has 2 atom stereocenters. The van der Waals surface area contributed by atoms with Gasteiger partial charge in [-0.25, -0.2) is 4.79 Å². The molecule has 2 unspecified atom stereocenters. The number of rotatable bonds is 7. The van der Waals surface area contributed by atoms with Crippen molar-refractivity contribution < 1.29 is 14.7 Å². The Morgan fingerprint density at radius 1 is 1.35 bits per heavy atom. The molecular formula is C15H20ClNO3. The standard InChI is InChI=1S/C15H20ClNO3/c1-3-6-13(15(19)20)17-14(18)10(2)9-11-7-4-5-8-12(11)16/h4-5,7-8,10,13H,3,6,9H2,1-2H3,(H,17,18)(H,19,20). The first-order valence-electron chi connectivity index (χ1n) is 6.72. The molecular weight excluding hydrogens is 278 g/mol. The average Bonchev–Trinajstić information content (AvgIpc) is 2.40. The van der Waals surface area contributed by atoms with Crippen molar-refractivity contribution in [3.63, 3.8) is 0 Å². The Hall–Kier alpha value is -1.55. The van der Waals surface area contributed by atoms with E-state index in [1.165, 1.54) is 0 Å². The minimum Gasteiger partial charge on any atom is -0.480 e. The van der Waals surface area contributed by atoms with E-state index in [-0.39, 0.29) is 11.8 Å². The lowest BCUT2D eigenvalue weighted by atomic mass is 9.99. The Kier molecular flexibility index (Phi) is 6.52. The van der Waals surface area contributed by atoms with Gasteiger partial charge in [0.05, 0.1) is 0 Å². The van der Waals surface area contributed by atoms with Crippen molar-refractivity contribution >= 4 is 23.5 Å². The molecule has 4 nitrogen and oxygen atoms in total. The first-order valence-corrected chi connectivity index (χ1v) is 7.10. The molecule has 0 saturated carbocycles. The second kappa shape index (κ2) is 7.90. The fourth-order valence-corrected chi connectivity index (χ4v) is 2.16. The molecule has 0 heterocycles. The first kappa shape index (κ1) is 16.5. The van der Waals surface area contributed by atoms with Crippen LogP contribution in [-0.2, 0) is 16.0 Å². The van der Waals surface area contributed by atoms with Crippen LogP contribution in [0.25, 0.3) is 0 Å². The zero-order valence-corrected chi connectivity index (χ0v) is 12.5. The highest BCUT2D eigenvalue weighted by Gasteiger charge is 2.22. The summed E-state index contributed by atoms with van der Waals surface area (Å²) < 4.78 is 0. The monoisotopic (exact) mass is 297 g/mol. The van der Waals surface area contributed by atoms with Crippen LogP contribution in [0.1, 0.15) is 32.3 Å². The topological polar surface area (TPSA) is 66.4 Å². The number of nitrogens with one attached hydrogen (secondary N) is 1. The number of carbonyl (C=O) groups excluding carboxylic acids is 1. The number of halogens is 1. The van der Waals surface area contributed by atoms with Crippen LogP contribution in [0.15, 0.2) is 24.3 Å². The van der Waals surface area contributed by atoms with Gasteiger partial charge in [-0.2, -0.15) is 0 Å². The second-order valence-corrected chi connectivity index (χ2v) is 5.29. The summed E-state index contributed by atoms with van der Waals surface area (Å²) in [6.45, 7) is 3.65. The molecule has 5 heteroatoms. The number of amides is 1. The van der Waals surface area contributed by atoms with Gasteiger partial charge in [-0.3, -0.25) is 4.79 Å². The third-order valence-corrected chi connectivity index (χ3v) is 3.49. The summed E-state index contributed by atoms with van der Waals surface area (Å²) in [6, 6.07) is 6.52. The maximum atomic E-state index is 12.0. The van der Waals surface area contributed by atoms with Crippen LogP contribution in [0.4, 0.5) is 0 Å². The zero-order chi connectivity index (χ0) is 15.1. The summed E-state index contributed by atoms with van der Waals surface area (Å²) in [5, 5.41) is 12.2. The van der Waals surface area contributed by atoms with Gasteiger partial charge < -0.3 is 10.4 Å². The lowest BCUT2D eigenvalue weighted by Crippen LogP contribution is -2.43. The lowest BCUT2D eigenvalue weighted by Gasteiger charge is -2.17. The van der Waals surface area contributed by atoms with Crippen LogP contribution in [0.5, 0.6) is 0 Å². The molecule has 0 bridgehead atoms. The minimum atomic E-state index is -0.995. The van der Waals surface area contributed by atoms with Crippen molar-refractivity contribution in [3.05, 3.63) is 34.9 Å². The Labute approximate surface area is 124 Å². The van der Waals surface area contributed by atoms with E-state index in [0.717, 1.165) is 5.56 Å². The normalized spacial score (nSPS) is 13.6. The predicted molar refractivity (Wildman–Crippen MR) is 78.8 cm³/mol. The van der Waals surface area contributed by atoms with Crippen LogP contribution in [0.3, 0.4) is 0 Å². The smallest absolute Gasteiger partial charge is 0.326 e. The van der Waals surface area contributed by atoms with Crippen LogP contribution in [-0.4, -0.2) is 23.0 Å². The van der Waals surface area contributed by atoms with Crippen molar-refractivity contribution in [2.75, 3.05) is 0 Å². The lowest BCUT2D eigenvalue weighted by molar-refractivity contribution is -0.142. The SMILES string of the molecule is CCCC(NC(=O)C(C)Cc1ccccc1Cl)C(=O)O. The van der Waals surface area contributed by atoms with Gasteiger partial charge in [0.15, 0.2) is 0 Å². The third-order valence-electron chi connectivity index (χ3n) is 3.12. The maximum absolute atomic E-state index is 12.0. The summed E-state index contributed by atoms with van der Waals surface area (Å²) >= 11 is 6.05. The Morgan fingerprint density at radius 2 is 2.00 bits per heavy atom. The largest absolute Gasteiger partial charge is 0.480 e. The van der Waals surface area contributed by atoms with Crippen molar-refractivity contribution in [1.82, 2.24) is 5.32 Å². The summed E-state index contributed by atoms with van der Waals surface area (Å²) in [7, 11) is 0. The molecule has 1 aromatic rings. The van der Waals surface area contributed by atoms with Gasteiger partial charge in [0.25, 0.3) is 0 Å². The van der Waals surface area contributed by atoms with E-state index < -0.39 is 12.0 Å². The van der Waals surface area contributed by atoms with Crippen LogP contribution >= 0.6 is 11.6 Å². The third kappa shape index (κ3) is 4.85. The molecule has 2 N–H and O–H groups in total. The van der Waals surface area contributed by atoms with E-state index in [1.54, 1.807) is 13.0 Å². The highest BCUT2D eigenvalue weighted by atomic mass is 35.5. The molecule has 0 radical (unpaired) electrons. The molecule has 1 aromatic carbocycles. The van der Waals surface area contributed by atoms with Crippen molar-refractivity contribution in [2.24, 2.45) is 5.92 Å². The van der Waals surface area contributed by atoms with Gasteiger partial charge >= 0.3 is 5.97 Å². The van der Waals surface area contributed by atoms with Crippen LogP contribution < -0.4 is 5.32 Å². The summed E-state index contributed by atoms with van der Waals surface area (Å²) in [6.07, 6.45) is 1.62. The van der Waals surface area contributed by atoms with E-state index in [2.05, 4.69) is 5.32 Å². The summed E-state index contributed by atoms with van der Waals surface area (Å²) in [5.41, 5.74) is 0.888. The van der Waals surface area contributed by atoms with Crippen molar-refractivity contribution in [2.45, 2.75) is 39.2 Å². The molecule has 0 aliphatic heterocycles. The Bertz CT molecular complexity index is 476.